The van der Waals surface area contributed by atoms with E-state index in [0.717, 1.165) is 0 Å². The van der Waals surface area contributed by atoms with Gasteiger partial charge in [0.25, 0.3) is 0 Å². The van der Waals surface area contributed by atoms with E-state index in [0.29, 0.717) is 18.7 Å². The molecule has 7 heteroatoms. The Bertz CT molecular complexity index is 138. The van der Waals surface area contributed by atoms with Gasteiger partial charge in [0.15, 0.2) is 0 Å². The minimum Gasteiger partial charge on any atom is -0.328 e. The topological polar surface area (TPSA) is 49.7 Å². The maximum Gasteiger partial charge on any atom is 0.327 e. The average Bonchev–Trinajstić information content (AvgIpc) is 2.04. The summed E-state index contributed by atoms with van der Waals surface area (Å²) in [5.74, 6) is 0.683. The molecule has 0 aliphatic carbocycles. The van der Waals surface area contributed by atoms with E-state index in [2.05, 4.69) is 4.52 Å². The van der Waals surface area contributed by atoms with Crippen LogP contribution in [0.25, 0.3) is 0 Å². The molecule has 0 rings (SSSR count). The average molecular weight is 269 g/mol. The van der Waals surface area contributed by atoms with Crippen LogP contribution in [0.1, 0.15) is 12.8 Å². The van der Waals surface area contributed by atoms with Crippen LogP contribution in [0.3, 0.4) is 0 Å². The minimum absolute atomic E-state index is 0.172. The van der Waals surface area contributed by atoms with E-state index >= 15 is 0 Å². The fourth-order valence-electron chi connectivity index (χ4n) is 0.738. The van der Waals surface area contributed by atoms with Crippen LogP contribution < -0.4 is 0 Å². The number of halogens is 3. The van der Waals surface area contributed by atoms with Gasteiger partial charge in [0.05, 0.1) is 11.5 Å². The van der Waals surface area contributed by atoms with Crippen LogP contribution in [0.4, 0.5) is 0 Å². The van der Waals surface area contributed by atoms with Crippen LogP contribution in [0, 0.1) is 0 Å². The highest BCUT2D eigenvalue weighted by atomic mass is 35.5. The molecule has 80 valence electrons. The first-order valence-corrected chi connectivity index (χ1v) is 6.27. The molecule has 0 spiro atoms. The Labute approximate surface area is 93.9 Å². The largest absolute Gasteiger partial charge is 0.328 e. The Morgan fingerprint density at radius 1 is 1.23 bits per heavy atom. The predicted octanol–water partition coefficient (Wildman–Crippen LogP) is 2.45. The molecule has 0 aromatic rings. The summed E-state index contributed by atoms with van der Waals surface area (Å²) in [6.07, 6.45) is 1.02. The van der Waals surface area contributed by atoms with E-state index in [9.17, 15) is 0 Å². The molecule has 0 amide bonds. The van der Waals surface area contributed by atoms with Gasteiger partial charge < -0.3 is 14.3 Å². The fraction of sp³-hybridized carbons (Fsp3) is 1.00. The monoisotopic (exact) mass is 268 g/mol. The number of rotatable bonds is 7. The van der Waals surface area contributed by atoms with E-state index < -0.39 is 13.5 Å². The molecule has 0 aliphatic heterocycles. The maximum absolute atomic E-state index is 8.45. The summed E-state index contributed by atoms with van der Waals surface area (Å²) in [4.78, 5) is 16.3. The van der Waals surface area contributed by atoms with Gasteiger partial charge >= 0.3 is 8.60 Å². The van der Waals surface area contributed by atoms with Crippen molar-refractivity contribution in [2.45, 2.75) is 17.7 Å². The van der Waals surface area contributed by atoms with Crippen molar-refractivity contribution in [3.63, 3.8) is 0 Å². The zero-order valence-corrected chi connectivity index (χ0v) is 10.1. The Kier molecular flexibility index (Phi) is 8.15. The van der Waals surface area contributed by atoms with Crippen molar-refractivity contribution in [2.75, 3.05) is 18.4 Å². The smallest absolute Gasteiger partial charge is 0.327 e. The van der Waals surface area contributed by atoms with Crippen LogP contribution in [0.5, 0.6) is 0 Å². The van der Waals surface area contributed by atoms with Crippen molar-refractivity contribution < 1.29 is 14.3 Å². The molecule has 3 nitrogen and oxygen atoms in total. The fourth-order valence-corrected chi connectivity index (χ4v) is 1.89. The van der Waals surface area contributed by atoms with Gasteiger partial charge in [0.2, 0.25) is 0 Å². The Morgan fingerprint density at radius 3 is 2.23 bits per heavy atom. The lowest BCUT2D eigenvalue weighted by Gasteiger charge is -2.23. The summed E-state index contributed by atoms with van der Waals surface area (Å²) in [5, 5.41) is 0. The summed E-state index contributed by atoms with van der Waals surface area (Å²) in [6.45, 7) is 0.172. The van der Waals surface area contributed by atoms with Gasteiger partial charge in [-0.2, -0.15) is 0 Å². The molecule has 0 aromatic carbocycles. The molecule has 0 saturated heterocycles. The van der Waals surface area contributed by atoms with Gasteiger partial charge in [-0.25, -0.2) is 0 Å². The van der Waals surface area contributed by atoms with Gasteiger partial charge in [0.1, 0.15) is 0 Å². The molecule has 2 N–H and O–H groups in total. The first-order chi connectivity index (χ1) is 6.04. The lowest BCUT2D eigenvalue weighted by molar-refractivity contribution is 0.241. The molecular formula is C6H12Cl3O3P. The second-order valence-electron chi connectivity index (χ2n) is 2.56. The van der Waals surface area contributed by atoms with E-state index in [1.807, 2.05) is 0 Å². The molecule has 0 heterocycles. The lowest BCUT2D eigenvalue weighted by atomic mass is 10.0. The van der Waals surface area contributed by atoms with Crippen molar-refractivity contribution in [1.29, 1.82) is 0 Å². The summed E-state index contributed by atoms with van der Waals surface area (Å²) in [7, 11) is -2.30. The highest BCUT2D eigenvalue weighted by Gasteiger charge is 2.25. The summed E-state index contributed by atoms with van der Waals surface area (Å²) < 4.78 is 4.58. The SMILES string of the molecule is OP(O)OCCC(Cl)(CCl)CCCl. The molecule has 13 heavy (non-hydrogen) atoms. The summed E-state index contributed by atoms with van der Waals surface area (Å²) in [6, 6.07) is 0. The van der Waals surface area contributed by atoms with Gasteiger partial charge in [-0.1, -0.05) is 0 Å². The van der Waals surface area contributed by atoms with Gasteiger partial charge in [-0.3, -0.25) is 0 Å². The van der Waals surface area contributed by atoms with E-state index in [1.165, 1.54) is 0 Å². The molecule has 0 aliphatic rings. The van der Waals surface area contributed by atoms with Crippen LogP contribution in [-0.4, -0.2) is 33.0 Å². The normalized spacial score (nSPS) is 16.2. The highest BCUT2D eigenvalue weighted by Crippen LogP contribution is 2.30. The van der Waals surface area contributed by atoms with Crippen molar-refractivity contribution in [2.24, 2.45) is 0 Å². The van der Waals surface area contributed by atoms with Crippen molar-refractivity contribution in [1.82, 2.24) is 0 Å². The number of hydrogen-bond donors (Lipinski definition) is 2. The molecule has 1 atom stereocenters. The van der Waals surface area contributed by atoms with E-state index in [1.54, 1.807) is 0 Å². The van der Waals surface area contributed by atoms with E-state index in [-0.39, 0.29) is 12.5 Å². The third-order valence-corrected chi connectivity index (χ3v) is 3.30. The van der Waals surface area contributed by atoms with Crippen molar-refractivity contribution in [3.8, 4) is 0 Å². The van der Waals surface area contributed by atoms with Crippen LogP contribution in [0.15, 0.2) is 0 Å². The first kappa shape index (κ1) is 14.2. The number of alkyl halides is 3. The van der Waals surface area contributed by atoms with Crippen molar-refractivity contribution in [3.05, 3.63) is 0 Å². The van der Waals surface area contributed by atoms with Crippen LogP contribution in [0.2, 0.25) is 0 Å². The zero-order valence-electron chi connectivity index (χ0n) is 6.92. The quantitative estimate of drug-likeness (QED) is 0.551. The lowest BCUT2D eigenvalue weighted by Crippen LogP contribution is -2.26. The molecule has 0 fully saturated rings. The molecule has 1 unspecified atom stereocenters. The Hall–Kier alpha value is 1.18. The molecule has 0 radical (unpaired) electrons. The third kappa shape index (κ3) is 7.15. The number of hydrogen-bond acceptors (Lipinski definition) is 3. The Morgan fingerprint density at radius 2 is 1.85 bits per heavy atom. The van der Waals surface area contributed by atoms with Gasteiger partial charge in [-0.05, 0) is 12.8 Å². The molecule has 0 aromatic heterocycles. The minimum atomic E-state index is -2.30. The zero-order chi connectivity index (χ0) is 10.3. The standard InChI is InChI=1S/C6H12Cl3O3P/c7-3-1-6(9,5-8)2-4-12-13(10)11/h10-11H,1-5H2. The van der Waals surface area contributed by atoms with E-state index in [4.69, 9.17) is 44.6 Å². The van der Waals surface area contributed by atoms with Crippen LogP contribution in [-0.2, 0) is 4.52 Å². The van der Waals surface area contributed by atoms with Crippen LogP contribution >= 0.6 is 43.4 Å². The Balaban J connectivity index is 3.69. The molecule has 0 saturated carbocycles. The molecular weight excluding hydrogens is 257 g/mol. The maximum atomic E-state index is 8.45. The summed E-state index contributed by atoms with van der Waals surface area (Å²) in [5.41, 5.74) is 0. The third-order valence-electron chi connectivity index (χ3n) is 1.54. The highest BCUT2D eigenvalue weighted by molar-refractivity contribution is 7.39. The first-order valence-electron chi connectivity index (χ1n) is 3.66. The predicted molar refractivity (Wildman–Crippen MR) is 56.6 cm³/mol. The second-order valence-corrected chi connectivity index (χ2v) is 4.77. The van der Waals surface area contributed by atoms with Gasteiger partial charge in [-0.15, -0.1) is 34.8 Å². The van der Waals surface area contributed by atoms with Crippen molar-refractivity contribution >= 4 is 43.4 Å². The van der Waals surface area contributed by atoms with Gasteiger partial charge in [0, 0.05) is 11.8 Å². The second kappa shape index (κ2) is 7.47. The molecule has 0 bridgehead atoms. The summed E-state index contributed by atoms with van der Waals surface area (Å²) >= 11 is 17.2.